The minimum atomic E-state index is -3.54. The van der Waals surface area contributed by atoms with Crippen molar-refractivity contribution in [2.75, 3.05) is 6.54 Å². The van der Waals surface area contributed by atoms with Gasteiger partial charge in [-0.25, -0.2) is 13.1 Å². The Morgan fingerprint density at radius 3 is 1.79 bits per heavy atom. The molecule has 5 heteroatoms. The number of hydrogen-bond acceptors (Lipinski definition) is 2. The molecule has 0 amide bonds. The van der Waals surface area contributed by atoms with Crippen LogP contribution in [0.4, 0.5) is 0 Å². The summed E-state index contributed by atoms with van der Waals surface area (Å²) in [5.74, 6) is 0. The first kappa shape index (κ1) is 19.0. The number of halogens is 1. The van der Waals surface area contributed by atoms with Crippen LogP contribution in [0.3, 0.4) is 0 Å². The third kappa shape index (κ3) is 3.82. The Morgan fingerprint density at radius 1 is 0.833 bits per heavy atom. The van der Waals surface area contributed by atoms with E-state index in [2.05, 4.69) is 4.72 Å². The molecule has 24 heavy (non-hydrogen) atoms. The Bertz CT molecular complexity index is 827. The fourth-order valence-corrected chi connectivity index (χ4v) is 4.68. The summed E-state index contributed by atoms with van der Waals surface area (Å²) in [5.41, 5.74) is 5.94. The average molecular weight is 366 g/mol. The zero-order valence-electron chi connectivity index (χ0n) is 14.8. The summed E-state index contributed by atoms with van der Waals surface area (Å²) < 4.78 is 28.3. The highest BCUT2D eigenvalue weighted by atomic mass is 35.5. The van der Waals surface area contributed by atoms with E-state index in [0.717, 1.165) is 33.4 Å². The van der Waals surface area contributed by atoms with E-state index in [4.69, 9.17) is 11.6 Å². The van der Waals surface area contributed by atoms with Crippen molar-refractivity contribution in [1.82, 2.24) is 4.72 Å². The highest BCUT2D eigenvalue weighted by molar-refractivity contribution is 7.89. The molecular formula is C19H24ClNO2S. The molecule has 0 aliphatic rings. The largest absolute Gasteiger partial charge is 0.241 e. The van der Waals surface area contributed by atoms with Gasteiger partial charge in [-0.15, -0.1) is 0 Å². The Kier molecular flexibility index (Phi) is 5.74. The Labute approximate surface area is 150 Å². The second kappa shape index (κ2) is 7.26. The van der Waals surface area contributed by atoms with Crippen molar-refractivity contribution in [3.63, 3.8) is 0 Å². The van der Waals surface area contributed by atoms with Crippen LogP contribution in [0.2, 0.25) is 5.02 Å². The number of sulfonamides is 1. The summed E-state index contributed by atoms with van der Waals surface area (Å²) in [6, 6.07) is 7.44. The van der Waals surface area contributed by atoms with E-state index in [1.165, 1.54) is 0 Å². The lowest BCUT2D eigenvalue weighted by Crippen LogP contribution is -2.28. The Morgan fingerprint density at radius 2 is 1.29 bits per heavy atom. The van der Waals surface area contributed by atoms with Crippen molar-refractivity contribution < 1.29 is 8.42 Å². The van der Waals surface area contributed by atoms with E-state index in [9.17, 15) is 8.42 Å². The van der Waals surface area contributed by atoms with Crippen LogP contribution >= 0.6 is 11.6 Å². The van der Waals surface area contributed by atoms with Gasteiger partial charge in [0.05, 0.1) is 4.90 Å². The maximum Gasteiger partial charge on any atom is 0.241 e. The van der Waals surface area contributed by atoms with Gasteiger partial charge in [-0.3, -0.25) is 0 Å². The molecule has 0 saturated carbocycles. The normalized spacial score (nSPS) is 11.8. The van der Waals surface area contributed by atoms with Crippen LogP contribution in [0.15, 0.2) is 29.2 Å². The average Bonchev–Trinajstić information content (AvgIpc) is 2.53. The molecule has 0 bridgehead atoms. The highest BCUT2D eigenvalue weighted by Gasteiger charge is 2.23. The molecule has 0 heterocycles. The van der Waals surface area contributed by atoms with Crippen molar-refractivity contribution in [3.8, 4) is 0 Å². The summed E-state index contributed by atoms with van der Waals surface area (Å²) >= 11 is 5.86. The third-order valence-electron chi connectivity index (χ3n) is 4.82. The third-order valence-corrected chi connectivity index (χ3v) is 6.80. The predicted molar refractivity (Wildman–Crippen MR) is 100 cm³/mol. The zero-order valence-corrected chi connectivity index (χ0v) is 16.4. The second-order valence-electron chi connectivity index (χ2n) is 6.23. The molecule has 0 spiro atoms. The molecular weight excluding hydrogens is 342 g/mol. The molecule has 2 aromatic rings. The van der Waals surface area contributed by atoms with Crippen LogP contribution in [0.5, 0.6) is 0 Å². The molecule has 0 unspecified atom stereocenters. The maximum atomic E-state index is 12.8. The molecule has 0 aliphatic carbocycles. The van der Waals surface area contributed by atoms with E-state index in [-0.39, 0.29) is 0 Å². The minimum Gasteiger partial charge on any atom is -0.211 e. The number of nitrogens with one attached hydrogen (secondary N) is 1. The van der Waals surface area contributed by atoms with Crippen LogP contribution in [-0.4, -0.2) is 15.0 Å². The summed E-state index contributed by atoms with van der Waals surface area (Å²) in [6.45, 7) is 10.1. The number of hydrogen-bond donors (Lipinski definition) is 1. The summed E-state index contributed by atoms with van der Waals surface area (Å²) in [5, 5.41) is 0.677. The standard InChI is InChI=1S/C19H24ClNO2S/c1-12-13(2)15(4)19(16(5)14(12)3)24(22,23)21-11-10-17-6-8-18(20)9-7-17/h6-9,21H,10-11H2,1-5H3. The summed E-state index contributed by atoms with van der Waals surface area (Å²) in [6.07, 6.45) is 0.623. The molecule has 2 rings (SSSR count). The summed E-state index contributed by atoms with van der Waals surface area (Å²) in [4.78, 5) is 0.416. The lowest BCUT2D eigenvalue weighted by molar-refractivity contribution is 0.580. The van der Waals surface area contributed by atoms with Crippen LogP contribution < -0.4 is 4.72 Å². The van der Waals surface area contributed by atoms with Gasteiger partial charge in [0.15, 0.2) is 0 Å². The lowest BCUT2D eigenvalue weighted by atomic mass is 9.95. The molecule has 0 radical (unpaired) electrons. The van der Waals surface area contributed by atoms with Gasteiger partial charge in [-0.05, 0) is 86.6 Å². The lowest BCUT2D eigenvalue weighted by Gasteiger charge is -2.19. The SMILES string of the molecule is Cc1c(C)c(C)c(S(=O)(=O)NCCc2ccc(Cl)cc2)c(C)c1C. The zero-order chi connectivity index (χ0) is 18.1. The first-order valence-corrected chi connectivity index (χ1v) is 9.82. The predicted octanol–water partition coefficient (Wildman–Crippen LogP) is 4.40. The number of rotatable bonds is 5. The van der Waals surface area contributed by atoms with E-state index < -0.39 is 10.0 Å². The minimum absolute atomic E-state index is 0.356. The van der Waals surface area contributed by atoms with Gasteiger partial charge < -0.3 is 0 Å². The van der Waals surface area contributed by atoms with Gasteiger partial charge in [-0.1, -0.05) is 23.7 Å². The van der Waals surface area contributed by atoms with Crippen molar-refractivity contribution in [3.05, 3.63) is 62.7 Å². The van der Waals surface area contributed by atoms with Crippen LogP contribution in [0, 0.1) is 34.6 Å². The highest BCUT2D eigenvalue weighted by Crippen LogP contribution is 2.29. The van der Waals surface area contributed by atoms with Gasteiger partial charge in [0.2, 0.25) is 10.0 Å². The van der Waals surface area contributed by atoms with Gasteiger partial charge in [0.1, 0.15) is 0 Å². The first-order chi connectivity index (χ1) is 11.1. The molecule has 0 aromatic heterocycles. The molecule has 130 valence electrons. The fourth-order valence-electron chi connectivity index (χ4n) is 2.92. The Balaban J connectivity index is 2.23. The molecule has 3 nitrogen and oxygen atoms in total. The monoisotopic (exact) mass is 365 g/mol. The molecule has 0 fully saturated rings. The quantitative estimate of drug-likeness (QED) is 0.853. The van der Waals surface area contributed by atoms with E-state index in [0.29, 0.717) is 22.9 Å². The van der Waals surface area contributed by atoms with E-state index in [1.807, 2.05) is 58.9 Å². The Hall–Kier alpha value is -1.36. The van der Waals surface area contributed by atoms with Crippen LogP contribution in [0.1, 0.15) is 33.4 Å². The molecule has 2 aromatic carbocycles. The van der Waals surface area contributed by atoms with E-state index >= 15 is 0 Å². The maximum absolute atomic E-state index is 12.8. The van der Waals surface area contributed by atoms with Gasteiger partial charge in [0, 0.05) is 11.6 Å². The van der Waals surface area contributed by atoms with Crippen LogP contribution in [-0.2, 0) is 16.4 Å². The van der Waals surface area contributed by atoms with Gasteiger partial charge in [-0.2, -0.15) is 0 Å². The van der Waals surface area contributed by atoms with Crippen molar-refractivity contribution >= 4 is 21.6 Å². The van der Waals surface area contributed by atoms with Crippen LogP contribution in [0.25, 0.3) is 0 Å². The summed E-state index contributed by atoms with van der Waals surface area (Å²) in [7, 11) is -3.54. The molecule has 0 atom stereocenters. The first-order valence-electron chi connectivity index (χ1n) is 7.96. The van der Waals surface area contributed by atoms with Crippen molar-refractivity contribution in [1.29, 1.82) is 0 Å². The van der Waals surface area contributed by atoms with Crippen molar-refractivity contribution in [2.24, 2.45) is 0 Å². The topological polar surface area (TPSA) is 46.2 Å². The van der Waals surface area contributed by atoms with Gasteiger partial charge >= 0.3 is 0 Å². The molecule has 0 aliphatic heterocycles. The molecule has 0 saturated heterocycles. The fraction of sp³-hybridized carbons (Fsp3) is 0.368. The number of benzene rings is 2. The smallest absolute Gasteiger partial charge is 0.211 e. The van der Waals surface area contributed by atoms with E-state index in [1.54, 1.807) is 0 Å². The van der Waals surface area contributed by atoms with Gasteiger partial charge in [0.25, 0.3) is 0 Å². The second-order valence-corrected chi connectivity index (χ2v) is 8.37. The van der Waals surface area contributed by atoms with Crippen molar-refractivity contribution in [2.45, 2.75) is 45.9 Å². The molecule has 1 N–H and O–H groups in total.